The minimum Gasteiger partial charge on any atom is -0.486 e. The highest BCUT2D eigenvalue weighted by atomic mass is 32.1. The van der Waals surface area contributed by atoms with E-state index >= 15 is 0 Å². The van der Waals surface area contributed by atoms with Crippen LogP contribution in [0.2, 0.25) is 0 Å². The fraction of sp³-hybridized carbons (Fsp3) is 0.222. The molecule has 1 N–H and O–H groups in total. The van der Waals surface area contributed by atoms with Gasteiger partial charge in [-0.15, -0.1) is 11.3 Å². The average Bonchev–Trinajstić information content (AvgIpc) is 2.92. The molecule has 1 amide bonds. The van der Waals surface area contributed by atoms with Gasteiger partial charge < -0.3 is 10.1 Å². The normalized spacial score (nSPS) is 10.8. The molecule has 0 unspecified atom stereocenters. The molecule has 1 aromatic heterocycles. The van der Waals surface area contributed by atoms with Crippen molar-refractivity contribution in [3.8, 4) is 5.75 Å². The third kappa shape index (κ3) is 3.38. The highest BCUT2D eigenvalue weighted by Crippen LogP contribution is 2.29. The zero-order valence-corrected chi connectivity index (χ0v) is 14.5. The first-order chi connectivity index (χ1) is 11.4. The molecule has 124 valence electrons. The maximum Gasteiger partial charge on any atom is 0.221 e. The van der Waals surface area contributed by atoms with Crippen LogP contribution in [0.25, 0.3) is 10.2 Å². The van der Waals surface area contributed by atoms with Crippen LogP contribution in [-0.2, 0) is 11.4 Å². The standard InChI is InChI=1S/C18H17FN2O2S/c1-10-11(2)16(7-6-14(10)20-12(3)22)23-9-18-21-15-5-4-13(19)8-17(15)24-18/h4-8H,9H2,1-3H3,(H,20,22). The number of hydrogen-bond acceptors (Lipinski definition) is 4. The number of nitrogens with one attached hydrogen (secondary N) is 1. The Morgan fingerprint density at radius 1 is 1.25 bits per heavy atom. The number of thiazole rings is 1. The lowest BCUT2D eigenvalue weighted by molar-refractivity contribution is -0.114. The van der Waals surface area contributed by atoms with Gasteiger partial charge in [0.15, 0.2) is 0 Å². The minimum absolute atomic E-state index is 0.104. The van der Waals surface area contributed by atoms with Gasteiger partial charge in [-0.1, -0.05) is 0 Å². The Kier molecular flexibility index (Phi) is 4.49. The van der Waals surface area contributed by atoms with E-state index in [1.807, 2.05) is 26.0 Å². The number of aromatic nitrogens is 1. The van der Waals surface area contributed by atoms with Crippen molar-refractivity contribution in [3.05, 3.63) is 52.3 Å². The van der Waals surface area contributed by atoms with Crippen molar-refractivity contribution in [1.82, 2.24) is 4.98 Å². The number of ether oxygens (including phenoxy) is 1. The molecule has 6 heteroatoms. The lowest BCUT2D eigenvalue weighted by atomic mass is 10.1. The third-order valence-electron chi connectivity index (χ3n) is 3.79. The molecule has 0 aliphatic rings. The molecule has 0 radical (unpaired) electrons. The van der Waals surface area contributed by atoms with E-state index in [-0.39, 0.29) is 11.7 Å². The summed E-state index contributed by atoms with van der Waals surface area (Å²) in [5.74, 6) is 0.374. The van der Waals surface area contributed by atoms with Crippen LogP contribution in [0.5, 0.6) is 5.75 Å². The van der Waals surface area contributed by atoms with Crippen LogP contribution in [0.1, 0.15) is 23.1 Å². The number of nitrogens with zero attached hydrogens (tertiary/aromatic N) is 1. The first-order valence-electron chi connectivity index (χ1n) is 7.49. The van der Waals surface area contributed by atoms with Gasteiger partial charge in [0.1, 0.15) is 23.2 Å². The molecule has 0 bridgehead atoms. The summed E-state index contributed by atoms with van der Waals surface area (Å²) in [5, 5.41) is 3.59. The Morgan fingerprint density at radius 2 is 2.04 bits per heavy atom. The third-order valence-corrected chi connectivity index (χ3v) is 4.79. The average molecular weight is 344 g/mol. The number of carbonyl (C=O) groups is 1. The number of benzene rings is 2. The second-order valence-electron chi connectivity index (χ2n) is 5.55. The first kappa shape index (κ1) is 16.4. The summed E-state index contributed by atoms with van der Waals surface area (Å²) >= 11 is 1.42. The number of carbonyl (C=O) groups excluding carboxylic acids is 1. The molecule has 2 aromatic carbocycles. The van der Waals surface area contributed by atoms with Gasteiger partial charge in [0.25, 0.3) is 0 Å². The molecule has 0 fully saturated rings. The van der Waals surface area contributed by atoms with Gasteiger partial charge in [0.05, 0.1) is 10.2 Å². The van der Waals surface area contributed by atoms with Gasteiger partial charge in [-0.05, 0) is 55.3 Å². The molecule has 0 aliphatic carbocycles. The molecule has 3 rings (SSSR count). The van der Waals surface area contributed by atoms with Crippen molar-refractivity contribution < 1.29 is 13.9 Å². The summed E-state index contributed by atoms with van der Waals surface area (Å²) in [4.78, 5) is 15.7. The maximum absolute atomic E-state index is 13.2. The van der Waals surface area contributed by atoms with Crippen LogP contribution in [0.3, 0.4) is 0 Å². The van der Waals surface area contributed by atoms with E-state index in [0.717, 1.165) is 37.8 Å². The number of fused-ring (bicyclic) bond motifs is 1. The van der Waals surface area contributed by atoms with Gasteiger partial charge in [-0.3, -0.25) is 4.79 Å². The first-order valence-corrected chi connectivity index (χ1v) is 8.31. The van der Waals surface area contributed by atoms with Crippen LogP contribution >= 0.6 is 11.3 Å². The summed E-state index contributed by atoms with van der Waals surface area (Å²) < 4.78 is 19.9. The van der Waals surface area contributed by atoms with Crippen LogP contribution in [0.4, 0.5) is 10.1 Å². The van der Waals surface area contributed by atoms with Gasteiger partial charge in [0.2, 0.25) is 5.91 Å². The molecule has 0 atom stereocenters. The summed E-state index contributed by atoms with van der Waals surface area (Å²) in [5.41, 5.74) is 3.49. The van der Waals surface area contributed by atoms with E-state index in [2.05, 4.69) is 10.3 Å². The number of anilines is 1. The van der Waals surface area contributed by atoms with Crippen molar-refractivity contribution >= 4 is 33.1 Å². The maximum atomic E-state index is 13.2. The van der Waals surface area contributed by atoms with E-state index < -0.39 is 0 Å². The lowest BCUT2D eigenvalue weighted by Gasteiger charge is -2.14. The molecule has 0 aliphatic heterocycles. The summed E-state index contributed by atoms with van der Waals surface area (Å²) in [6, 6.07) is 8.21. The van der Waals surface area contributed by atoms with Crippen molar-refractivity contribution in [2.45, 2.75) is 27.4 Å². The fourth-order valence-electron chi connectivity index (χ4n) is 2.42. The van der Waals surface area contributed by atoms with Crippen molar-refractivity contribution in [1.29, 1.82) is 0 Å². The van der Waals surface area contributed by atoms with Gasteiger partial charge in [-0.2, -0.15) is 0 Å². The quantitative estimate of drug-likeness (QED) is 0.753. The SMILES string of the molecule is CC(=O)Nc1ccc(OCc2nc3ccc(F)cc3s2)c(C)c1C. The van der Waals surface area contributed by atoms with E-state index in [1.54, 1.807) is 6.07 Å². The Balaban J connectivity index is 1.78. The van der Waals surface area contributed by atoms with E-state index in [4.69, 9.17) is 4.74 Å². The summed E-state index contributed by atoms with van der Waals surface area (Å²) in [7, 11) is 0. The molecule has 1 heterocycles. The van der Waals surface area contributed by atoms with Crippen molar-refractivity contribution in [2.75, 3.05) is 5.32 Å². The predicted molar refractivity (Wildman–Crippen MR) is 94.1 cm³/mol. The van der Waals surface area contributed by atoms with Gasteiger partial charge in [0, 0.05) is 12.6 Å². The Bertz CT molecular complexity index is 921. The highest BCUT2D eigenvalue weighted by Gasteiger charge is 2.10. The summed E-state index contributed by atoms with van der Waals surface area (Å²) in [6.45, 7) is 5.69. The van der Waals surface area contributed by atoms with Crippen LogP contribution in [-0.4, -0.2) is 10.9 Å². The second kappa shape index (κ2) is 6.57. The van der Waals surface area contributed by atoms with Crippen molar-refractivity contribution in [3.63, 3.8) is 0 Å². The molecule has 24 heavy (non-hydrogen) atoms. The molecule has 4 nitrogen and oxygen atoms in total. The predicted octanol–water partition coefficient (Wildman–Crippen LogP) is 4.59. The topological polar surface area (TPSA) is 51.2 Å². The Hall–Kier alpha value is -2.47. The minimum atomic E-state index is -0.265. The molecule has 0 saturated heterocycles. The fourth-order valence-corrected chi connectivity index (χ4v) is 3.33. The van der Waals surface area contributed by atoms with Crippen LogP contribution in [0.15, 0.2) is 30.3 Å². The number of amides is 1. The molecule has 0 saturated carbocycles. The van der Waals surface area contributed by atoms with Gasteiger partial charge in [-0.25, -0.2) is 9.37 Å². The largest absolute Gasteiger partial charge is 0.486 e. The van der Waals surface area contributed by atoms with E-state index in [9.17, 15) is 9.18 Å². The van der Waals surface area contributed by atoms with E-state index in [1.165, 1.54) is 30.4 Å². The smallest absolute Gasteiger partial charge is 0.221 e. The monoisotopic (exact) mass is 344 g/mol. The van der Waals surface area contributed by atoms with Crippen LogP contribution < -0.4 is 10.1 Å². The zero-order valence-electron chi connectivity index (χ0n) is 13.6. The molecule has 3 aromatic rings. The number of halogens is 1. The zero-order chi connectivity index (χ0) is 17.3. The second-order valence-corrected chi connectivity index (χ2v) is 6.67. The van der Waals surface area contributed by atoms with Crippen molar-refractivity contribution in [2.24, 2.45) is 0 Å². The Morgan fingerprint density at radius 3 is 2.79 bits per heavy atom. The lowest BCUT2D eigenvalue weighted by Crippen LogP contribution is -2.08. The molecular weight excluding hydrogens is 327 g/mol. The van der Waals surface area contributed by atoms with Gasteiger partial charge >= 0.3 is 0 Å². The Labute approximate surface area is 143 Å². The highest BCUT2D eigenvalue weighted by molar-refractivity contribution is 7.18. The van der Waals surface area contributed by atoms with E-state index in [0.29, 0.717) is 6.61 Å². The summed E-state index contributed by atoms with van der Waals surface area (Å²) in [6.07, 6.45) is 0. The number of hydrogen-bond donors (Lipinski definition) is 1. The molecular formula is C18H17FN2O2S. The number of rotatable bonds is 4. The van der Waals surface area contributed by atoms with Crippen LogP contribution in [0, 0.1) is 19.7 Å². The molecule has 0 spiro atoms.